The number of nitrogens with zero attached hydrogens (tertiary/aromatic N) is 1. The third-order valence-electron chi connectivity index (χ3n) is 4.05. The SMILES string of the molecule is CO[C@H]1COc2cc(Br)c(C)cc2N(Cc2ccc(F)cc2)C1. The van der Waals surface area contributed by atoms with Crippen LogP contribution in [0.25, 0.3) is 0 Å². The van der Waals surface area contributed by atoms with Gasteiger partial charge in [-0.3, -0.25) is 0 Å². The highest BCUT2D eigenvalue weighted by Gasteiger charge is 2.24. The van der Waals surface area contributed by atoms with E-state index in [-0.39, 0.29) is 11.9 Å². The maximum absolute atomic E-state index is 13.1. The molecule has 0 radical (unpaired) electrons. The summed E-state index contributed by atoms with van der Waals surface area (Å²) in [7, 11) is 1.70. The second-order valence-corrected chi connectivity index (χ2v) is 6.60. The van der Waals surface area contributed by atoms with Crippen LogP contribution in [0, 0.1) is 12.7 Å². The number of benzene rings is 2. The average molecular weight is 380 g/mol. The van der Waals surface area contributed by atoms with E-state index in [0.717, 1.165) is 33.6 Å². The first-order valence-electron chi connectivity index (χ1n) is 7.52. The summed E-state index contributed by atoms with van der Waals surface area (Å²) in [6.07, 6.45) is -0.0121. The van der Waals surface area contributed by atoms with Gasteiger partial charge in [-0.25, -0.2) is 4.39 Å². The molecule has 0 saturated heterocycles. The minimum Gasteiger partial charge on any atom is -0.489 e. The summed E-state index contributed by atoms with van der Waals surface area (Å²) in [5.41, 5.74) is 3.23. The Balaban J connectivity index is 1.95. The van der Waals surface area contributed by atoms with Crippen molar-refractivity contribution in [2.45, 2.75) is 19.6 Å². The number of rotatable bonds is 3. The minimum atomic E-state index is -0.220. The van der Waals surface area contributed by atoms with E-state index in [1.54, 1.807) is 7.11 Å². The van der Waals surface area contributed by atoms with Crippen molar-refractivity contribution in [1.29, 1.82) is 0 Å². The van der Waals surface area contributed by atoms with Gasteiger partial charge in [-0.15, -0.1) is 0 Å². The molecule has 3 rings (SSSR count). The maximum Gasteiger partial charge on any atom is 0.143 e. The van der Waals surface area contributed by atoms with Crippen LogP contribution >= 0.6 is 15.9 Å². The predicted octanol–water partition coefficient (Wildman–Crippen LogP) is 4.31. The van der Waals surface area contributed by atoms with Crippen molar-refractivity contribution in [3.63, 3.8) is 0 Å². The van der Waals surface area contributed by atoms with Gasteiger partial charge in [0.2, 0.25) is 0 Å². The van der Waals surface area contributed by atoms with Crippen LogP contribution in [0.2, 0.25) is 0 Å². The number of aryl methyl sites for hydroxylation is 1. The number of halogens is 2. The Morgan fingerprint density at radius 3 is 2.74 bits per heavy atom. The van der Waals surface area contributed by atoms with E-state index in [4.69, 9.17) is 9.47 Å². The third kappa shape index (κ3) is 3.67. The molecule has 1 aliphatic heterocycles. The normalized spacial score (nSPS) is 17.4. The van der Waals surface area contributed by atoms with Gasteiger partial charge in [-0.2, -0.15) is 0 Å². The summed E-state index contributed by atoms with van der Waals surface area (Å²) in [4.78, 5) is 2.23. The van der Waals surface area contributed by atoms with Gasteiger partial charge in [0.05, 0.1) is 5.69 Å². The smallest absolute Gasteiger partial charge is 0.143 e. The van der Waals surface area contributed by atoms with Gasteiger partial charge in [-0.1, -0.05) is 28.1 Å². The largest absolute Gasteiger partial charge is 0.489 e. The van der Waals surface area contributed by atoms with Gasteiger partial charge in [0.1, 0.15) is 24.3 Å². The van der Waals surface area contributed by atoms with E-state index in [2.05, 4.69) is 33.8 Å². The van der Waals surface area contributed by atoms with Crippen molar-refractivity contribution in [1.82, 2.24) is 0 Å². The molecule has 1 heterocycles. The molecular weight excluding hydrogens is 361 g/mol. The summed E-state index contributed by atoms with van der Waals surface area (Å²) >= 11 is 3.56. The molecule has 0 fully saturated rings. The highest BCUT2D eigenvalue weighted by atomic mass is 79.9. The van der Waals surface area contributed by atoms with Crippen molar-refractivity contribution >= 4 is 21.6 Å². The molecule has 122 valence electrons. The van der Waals surface area contributed by atoms with Gasteiger partial charge < -0.3 is 14.4 Å². The Kier molecular flexibility index (Phi) is 4.87. The fraction of sp³-hybridized carbons (Fsp3) is 0.333. The quantitative estimate of drug-likeness (QED) is 0.792. The second kappa shape index (κ2) is 6.89. The predicted molar refractivity (Wildman–Crippen MR) is 92.6 cm³/mol. The lowest BCUT2D eigenvalue weighted by Crippen LogP contribution is -2.34. The molecule has 0 aromatic heterocycles. The zero-order valence-corrected chi connectivity index (χ0v) is 14.8. The maximum atomic E-state index is 13.1. The van der Waals surface area contributed by atoms with Crippen molar-refractivity contribution in [2.75, 3.05) is 25.2 Å². The summed E-state index contributed by atoms with van der Waals surface area (Å²) in [5.74, 6) is 0.618. The molecule has 0 spiro atoms. The zero-order valence-electron chi connectivity index (χ0n) is 13.2. The molecule has 0 N–H and O–H groups in total. The Morgan fingerprint density at radius 2 is 2.04 bits per heavy atom. The van der Waals surface area contributed by atoms with Gasteiger partial charge >= 0.3 is 0 Å². The molecule has 5 heteroatoms. The van der Waals surface area contributed by atoms with Gasteiger partial charge in [-0.05, 0) is 42.3 Å². The van der Waals surface area contributed by atoms with Crippen LogP contribution in [0.15, 0.2) is 40.9 Å². The number of fused-ring (bicyclic) bond motifs is 1. The van der Waals surface area contributed by atoms with Gasteiger partial charge in [0.25, 0.3) is 0 Å². The van der Waals surface area contributed by atoms with Crippen LogP contribution in [-0.2, 0) is 11.3 Å². The Hall–Kier alpha value is -1.59. The van der Waals surface area contributed by atoms with E-state index >= 15 is 0 Å². The topological polar surface area (TPSA) is 21.7 Å². The fourth-order valence-electron chi connectivity index (χ4n) is 2.69. The average Bonchev–Trinajstić information content (AvgIpc) is 2.70. The molecule has 0 aliphatic carbocycles. The van der Waals surface area contributed by atoms with Crippen LogP contribution < -0.4 is 9.64 Å². The minimum absolute atomic E-state index is 0.0121. The van der Waals surface area contributed by atoms with Crippen LogP contribution in [0.5, 0.6) is 5.75 Å². The molecule has 2 aromatic rings. The van der Waals surface area contributed by atoms with E-state index in [1.807, 2.05) is 18.2 Å². The standard InChI is InChI=1S/C18H19BrFNO2/c1-12-7-17-18(8-16(12)19)23-11-15(22-2)10-21(17)9-13-3-5-14(20)6-4-13/h3-8,15H,9-11H2,1-2H3/t15-/m1/s1. The van der Waals surface area contributed by atoms with Crippen molar-refractivity contribution < 1.29 is 13.9 Å². The van der Waals surface area contributed by atoms with Crippen molar-refractivity contribution in [2.24, 2.45) is 0 Å². The highest BCUT2D eigenvalue weighted by Crippen LogP contribution is 2.36. The molecule has 23 heavy (non-hydrogen) atoms. The highest BCUT2D eigenvalue weighted by molar-refractivity contribution is 9.10. The Bertz CT molecular complexity index is 690. The van der Waals surface area contributed by atoms with E-state index in [0.29, 0.717) is 13.2 Å². The fourth-order valence-corrected chi connectivity index (χ4v) is 3.02. The van der Waals surface area contributed by atoms with E-state index < -0.39 is 0 Å². The lowest BCUT2D eigenvalue weighted by Gasteiger charge is -2.26. The summed E-state index contributed by atoms with van der Waals surface area (Å²) in [6, 6.07) is 10.7. The lowest BCUT2D eigenvalue weighted by atomic mass is 10.1. The number of hydrogen-bond donors (Lipinski definition) is 0. The number of ether oxygens (including phenoxy) is 2. The Morgan fingerprint density at radius 1 is 1.30 bits per heavy atom. The van der Waals surface area contributed by atoms with Crippen LogP contribution in [0.4, 0.5) is 10.1 Å². The number of anilines is 1. The molecule has 0 saturated carbocycles. The molecule has 2 aromatic carbocycles. The van der Waals surface area contributed by atoms with Crippen molar-refractivity contribution in [3.05, 3.63) is 57.8 Å². The molecule has 1 atom stereocenters. The number of methoxy groups -OCH3 is 1. The van der Waals surface area contributed by atoms with Crippen molar-refractivity contribution in [3.8, 4) is 5.75 Å². The summed E-state index contributed by atoms with van der Waals surface area (Å²) < 4.78 is 25.6. The monoisotopic (exact) mass is 379 g/mol. The van der Waals surface area contributed by atoms with Gasteiger partial charge in [0.15, 0.2) is 0 Å². The van der Waals surface area contributed by atoms with Crippen LogP contribution in [0.3, 0.4) is 0 Å². The molecule has 0 bridgehead atoms. The Labute approximate surface area is 144 Å². The van der Waals surface area contributed by atoms with E-state index in [9.17, 15) is 4.39 Å². The summed E-state index contributed by atoms with van der Waals surface area (Å²) in [6.45, 7) is 3.97. The molecule has 0 unspecified atom stereocenters. The first kappa shape index (κ1) is 16.3. The van der Waals surface area contributed by atoms with Crippen LogP contribution in [-0.4, -0.2) is 26.4 Å². The summed E-state index contributed by atoms with van der Waals surface area (Å²) in [5, 5.41) is 0. The van der Waals surface area contributed by atoms with Crippen LogP contribution in [0.1, 0.15) is 11.1 Å². The molecular formula is C18H19BrFNO2. The number of hydrogen-bond acceptors (Lipinski definition) is 3. The first-order chi connectivity index (χ1) is 11.1. The first-order valence-corrected chi connectivity index (χ1v) is 8.31. The molecule has 3 nitrogen and oxygen atoms in total. The third-order valence-corrected chi connectivity index (χ3v) is 4.90. The van der Waals surface area contributed by atoms with Gasteiger partial charge in [0, 0.05) is 24.7 Å². The molecule has 1 aliphatic rings. The second-order valence-electron chi connectivity index (χ2n) is 5.74. The lowest BCUT2D eigenvalue weighted by molar-refractivity contribution is 0.0673. The molecule has 0 amide bonds. The zero-order chi connectivity index (χ0) is 16.4. The van der Waals surface area contributed by atoms with E-state index in [1.165, 1.54) is 12.1 Å².